The molecule has 7 heteroatoms. The Morgan fingerprint density at radius 1 is 1.00 bits per heavy atom. The third-order valence-corrected chi connectivity index (χ3v) is 3.42. The fourth-order valence-electron chi connectivity index (χ4n) is 2.27. The molecule has 0 aliphatic heterocycles. The largest absolute Gasteiger partial charge is 0.481 e. The first-order chi connectivity index (χ1) is 11.6. The van der Waals surface area contributed by atoms with Crippen molar-refractivity contribution in [3.8, 4) is 28.4 Å². The van der Waals surface area contributed by atoms with Crippen LogP contribution in [0.25, 0.3) is 22.5 Å². The average molecular weight is 321 g/mol. The van der Waals surface area contributed by atoms with Crippen LogP contribution in [0.1, 0.15) is 10.5 Å². The molecule has 0 bridgehead atoms. The van der Waals surface area contributed by atoms with E-state index in [0.717, 1.165) is 5.56 Å². The number of benzene rings is 1. The van der Waals surface area contributed by atoms with E-state index >= 15 is 0 Å². The van der Waals surface area contributed by atoms with E-state index in [2.05, 4.69) is 15.0 Å². The number of ether oxygens (including phenoxy) is 1. The van der Waals surface area contributed by atoms with Crippen LogP contribution in [0.2, 0.25) is 0 Å². The molecule has 0 spiro atoms. The van der Waals surface area contributed by atoms with E-state index in [0.29, 0.717) is 22.8 Å². The first-order valence-corrected chi connectivity index (χ1v) is 7.13. The second-order valence-electron chi connectivity index (χ2n) is 4.97. The van der Waals surface area contributed by atoms with Gasteiger partial charge in [0.1, 0.15) is 0 Å². The number of pyridine rings is 1. The van der Waals surface area contributed by atoms with Gasteiger partial charge in [0.15, 0.2) is 11.5 Å². The summed E-state index contributed by atoms with van der Waals surface area (Å²) in [6.45, 7) is 0. The van der Waals surface area contributed by atoms with Crippen LogP contribution in [0.3, 0.4) is 0 Å². The summed E-state index contributed by atoms with van der Waals surface area (Å²) in [5.41, 5.74) is 13.6. The highest BCUT2D eigenvalue weighted by Gasteiger charge is 2.18. The zero-order valence-electron chi connectivity index (χ0n) is 12.9. The molecular formula is C17H15N5O2. The maximum absolute atomic E-state index is 11.6. The Kier molecular flexibility index (Phi) is 4.07. The van der Waals surface area contributed by atoms with Gasteiger partial charge < -0.3 is 16.2 Å². The highest BCUT2D eigenvalue weighted by molar-refractivity contribution is 5.96. The van der Waals surface area contributed by atoms with Crippen molar-refractivity contribution < 1.29 is 9.53 Å². The number of nitrogen functional groups attached to an aromatic ring is 1. The van der Waals surface area contributed by atoms with Gasteiger partial charge in [0.2, 0.25) is 5.88 Å². The van der Waals surface area contributed by atoms with E-state index < -0.39 is 5.91 Å². The maximum Gasteiger partial charge on any atom is 0.271 e. The molecule has 0 aliphatic rings. The first-order valence-electron chi connectivity index (χ1n) is 7.13. The van der Waals surface area contributed by atoms with Gasteiger partial charge in [-0.25, -0.2) is 15.0 Å². The molecule has 0 saturated heterocycles. The molecule has 0 fully saturated rings. The van der Waals surface area contributed by atoms with Gasteiger partial charge in [0.05, 0.1) is 18.5 Å². The molecule has 0 radical (unpaired) electrons. The van der Waals surface area contributed by atoms with Crippen molar-refractivity contribution in [2.45, 2.75) is 0 Å². The van der Waals surface area contributed by atoms with Gasteiger partial charge in [0.25, 0.3) is 5.91 Å². The second kappa shape index (κ2) is 6.33. The standard InChI is InChI=1S/C17H15N5O2/c1-24-12-8-7-11(9-20-12)14-13(10-5-3-2-4-6-10)22-16(18)15(21-14)17(19)23/h2-9H,1H3,(H2,18,22)(H2,19,23). The van der Waals surface area contributed by atoms with Gasteiger partial charge in [-0.15, -0.1) is 0 Å². The number of carbonyl (C=O) groups is 1. The predicted octanol–water partition coefficient (Wildman–Crippen LogP) is 1.90. The number of hydrogen-bond donors (Lipinski definition) is 2. The average Bonchev–Trinajstić information content (AvgIpc) is 2.62. The Hall–Kier alpha value is -3.48. The number of nitrogens with zero attached hydrogens (tertiary/aromatic N) is 3. The van der Waals surface area contributed by atoms with E-state index in [1.54, 1.807) is 18.3 Å². The van der Waals surface area contributed by atoms with Crippen LogP contribution >= 0.6 is 0 Å². The topological polar surface area (TPSA) is 117 Å². The summed E-state index contributed by atoms with van der Waals surface area (Å²) >= 11 is 0. The summed E-state index contributed by atoms with van der Waals surface area (Å²) in [5.74, 6) is -0.271. The SMILES string of the molecule is COc1ccc(-c2nc(C(N)=O)c(N)nc2-c2ccccc2)cn1. The first kappa shape index (κ1) is 15.4. The molecule has 0 aliphatic carbocycles. The molecule has 0 saturated carbocycles. The van der Waals surface area contributed by atoms with Gasteiger partial charge >= 0.3 is 0 Å². The van der Waals surface area contributed by atoms with Crippen molar-refractivity contribution >= 4 is 11.7 Å². The lowest BCUT2D eigenvalue weighted by molar-refractivity contribution is 0.0996. The minimum absolute atomic E-state index is 0.00780. The van der Waals surface area contributed by atoms with Crippen LogP contribution in [0.4, 0.5) is 5.82 Å². The number of carbonyl (C=O) groups excluding carboxylic acids is 1. The highest BCUT2D eigenvalue weighted by Crippen LogP contribution is 2.30. The predicted molar refractivity (Wildman–Crippen MR) is 90.2 cm³/mol. The summed E-state index contributed by atoms with van der Waals surface area (Å²) in [6, 6.07) is 12.9. The molecule has 4 N–H and O–H groups in total. The lowest BCUT2D eigenvalue weighted by atomic mass is 10.0. The molecule has 120 valence electrons. The lowest BCUT2D eigenvalue weighted by Gasteiger charge is -2.11. The Balaban J connectivity index is 2.24. The third-order valence-electron chi connectivity index (χ3n) is 3.42. The fourth-order valence-corrected chi connectivity index (χ4v) is 2.27. The number of primary amides is 1. The van der Waals surface area contributed by atoms with E-state index in [1.807, 2.05) is 30.3 Å². The van der Waals surface area contributed by atoms with Crippen molar-refractivity contribution in [3.63, 3.8) is 0 Å². The Labute approximate surface area is 138 Å². The minimum Gasteiger partial charge on any atom is -0.481 e. The second-order valence-corrected chi connectivity index (χ2v) is 4.97. The Morgan fingerprint density at radius 3 is 2.29 bits per heavy atom. The van der Waals surface area contributed by atoms with E-state index in [9.17, 15) is 4.79 Å². The van der Waals surface area contributed by atoms with Crippen molar-refractivity contribution in [2.24, 2.45) is 5.73 Å². The van der Waals surface area contributed by atoms with Crippen LogP contribution in [0.5, 0.6) is 5.88 Å². The van der Waals surface area contributed by atoms with E-state index in [4.69, 9.17) is 16.2 Å². The Morgan fingerprint density at radius 2 is 1.71 bits per heavy atom. The molecule has 7 nitrogen and oxygen atoms in total. The van der Waals surface area contributed by atoms with Crippen molar-refractivity contribution in [3.05, 3.63) is 54.4 Å². The van der Waals surface area contributed by atoms with E-state index in [-0.39, 0.29) is 11.5 Å². The molecule has 24 heavy (non-hydrogen) atoms. The third kappa shape index (κ3) is 2.87. The number of anilines is 1. The Bertz CT molecular complexity index is 879. The minimum atomic E-state index is -0.734. The van der Waals surface area contributed by atoms with Gasteiger partial charge in [0, 0.05) is 23.4 Å². The highest BCUT2D eigenvalue weighted by atomic mass is 16.5. The molecule has 0 unspecified atom stereocenters. The summed E-state index contributed by atoms with van der Waals surface area (Å²) < 4.78 is 5.06. The van der Waals surface area contributed by atoms with Gasteiger partial charge in [-0.3, -0.25) is 4.79 Å². The van der Waals surface area contributed by atoms with Crippen LogP contribution in [0, 0.1) is 0 Å². The molecule has 0 atom stereocenters. The van der Waals surface area contributed by atoms with Crippen molar-refractivity contribution in [2.75, 3.05) is 12.8 Å². The summed E-state index contributed by atoms with van der Waals surface area (Å²) in [4.78, 5) is 24.4. The molecule has 1 aromatic carbocycles. The number of rotatable bonds is 4. The van der Waals surface area contributed by atoms with Crippen molar-refractivity contribution in [1.29, 1.82) is 0 Å². The fraction of sp³-hybridized carbons (Fsp3) is 0.0588. The van der Waals surface area contributed by atoms with Crippen LogP contribution in [-0.2, 0) is 0 Å². The van der Waals surface area contributed by atoms with Crippen LogP contribution in [0.15, 0.2) is 48.7 Å². The normalized spacial score (nSPS) is 10.4. The molecule has 3 rings (SSSR count). The summed E-state index contributed by atoms with van der Waals surface area (Å²) in [5, 5.41) is 0. The summed E-state index contributed by atoms with van der Waals surface area (Å²) in [7, 11) is 1.53. The number of aromatic nitrogens is 3. The maximum atomic E-state index is 11.6. The lowest BCUT2D eigenvalue weighted by Crippen LogP contribution is -2.17. The van der Waals surface area contributed by atoms with Crippen LogP contribution in [-0.4, -0.2) is 28.0 Å². The van der Waals surface area contributed by atoms with Gasteiger partial charge in [-0.1, -0.05) is 30.3 Å². The van der Waals surface area contributed by atoms with Crippen molar-refractivity contribution in [1.82, 2.24) is 15.0 Å². The number of hydrogen-bond acceptors (Lipinski definition) is 6. The van der Waals surface area contributed by atoms with Gasteiger partial charge in [-0.05, 0) is 6.07 Å². The van der Waals surface area contributed by atoms with Gasteiger partial charge in [-0.2, -0.15) is 0 Å². The number of nitrogens with two attached hydrogens (primary N) is 2. The molecular weight excluding hydrogens is 306 g/mol. The smallest absolute Gasteiger partial charge is 0.271 e. The van der Waals surface area contributed by atoms with E-state index in [1.165, 1.54) is 7.11 Å². The monoisotopic (exact) mass is 321 g/mol. The molecule has 1 amide bonds. The molecule has 2 heterocycles. The number of methoxy groups -OCH3 is 1. The zero-order valence-corrected chi connectivity index (χ0v) is 12.9. The number of amides is 1. The molecule has 2 aromatic heterocycles. The zero-order chi connectivity index (χ0) is 17.1. The molecule has 3 aromatic rings. The van der Waals surface area contributed by atoms with Crippen LogP contribution < -0.4 is 16.2 Å². The quantitative estimate of drug-likeness (QED) is 0.758. The summed E-state index contributed by atoms with van der Waals surface area (Å²) in [6.07, 6.45) is 1.59.